The molecule has 0 saturated heterocycles. The maximum Gasteiger partial charge on any atom is 0.322 e. The van der Waals surface area contributed by atoms with Gasteiger partial charge in [0.05, 0.1) is 6.42 Å². The van der Waals surface area contributed by atoms with Gasteiger partial charge >= 0.3 is 11.9 Å². The summed E-state index contributed by atoms with van der Waals surface area (Å²) in [7, 11) is 0. The lowest BCUT2D eigenvalue weighted by Gasteiger charge is -2.18. The number of hydrogen-bond donors (Lipinski definition) is 2. The number of rotatable bonds is 29. The Morgan fingerprint density at radius 3 is 1.54 bits per heavy atom. The Hall–Kier alpha value is -1.59. The molecule has 39 heavy (non-hydrogen) atoms. The number of carboxylic acids is 1. The fraction of sp³-hybridized carbons (Fsp3) is 0.909. The van der Waals surface area contributed by atoms with Gasteiger partial charge in [-0.2, -0.15) is 0 Å². The van der Waals surface area contributed by atoms with E-state index in [1.807, 2.05) is 0 Å². The van der Waals surface area contributed by atoms with E-state index >= 15 is 0 Å². The van der Waals surface area contributed by atoms with Crippen LogP contribution in [0.3, 0.4) is 0 Å². The summed E-state index contributed by atoms with van der Waals surface area (Å²) in [4.78, 5) is 35.3. The fourth-order valence-electron chi connectivity index (χ4n) is 5.00. The second-order valence-corrected chi connectivity index (χ2v) is 11.9. The lowest BCUT2D eigenvalue weighted by atomic mass is 10.0. The lowest BCUT2D eigenvalue weighted by molar-refractivity contribution is -0.151. The van der Waals surface area contributed by atoms with Crippen molar-refractivity contribution >= 4 is 17.8 Å². The maximum atomic E-state index is 12.4. The third-order valence-corrected chi connectivity index (χ3v) is 7.44. The Labute approximate surface area is 240 Å². The van der Waals surface area contributed by atoms with Crippen LogP contribution in [0, 0.1) is 5.92 Å². The molecule has 2 N–H and O–H groups in total. The molecule has 0 spiro atoms. The Kier molecular flexibility index (Phi) is 26.8. The molecule has 1 atom stereocenters. The van der Waals surface area contributed by atoms with Crippen LogP contribution < -0.4 is 5.32 Å². The van der Waals surface area contributed by atoms with Gasteiger partial charge in [-0.3, -0.25) is 14.4 Å². The van der Waals surface area contributed by atoms with Crippen molar-refractivity contribution in [3.63, 3.8) is 0 Å². The summed E-state index contributed by atoms with van der Waals surface area (Å²) in [6, 6.07) is 0. The van der Waals surface area contributed by atoms with Gasteiger partial charge in [-0.1, -0.05) is 143 Å². The predicted molar refractivity (Wildman–Crippen MR) is 162 cm³/mol. The number of aliphatic carboxylic acids is 1. The summed E-state index contributed by atoms with van der Waals surface area (Å²) in [6.45, 7) is 6.41. The molecule has 1 unspecified atom stereocenters. The first-order chi connectivity index (χ1) is 18.8. The molecule has 0 bridgehead atoms. The van der Waals surface area contributed by atoms with Crippen LogP contribution in [0.1, 0.15) is 175 Å². The largest absolute Gasteiger partial charge is 0.480 e. The van der Waals surface area contributed by atoms with Gasteiger partial charge in [-0.05, 0) is 25.2 Å². The molecule has 0 aliphatic heterocycles. The summed E-state index contributed by atoms with van der Waals surface area (Å²) in [5.41, 5.74) is 0. The van der Waals surface area contributed by atoms with Crippen LogP contribution in [-0.4, -0.2) is 35.6 Å². The van der Waals surface area contributed by atoms with Gasteiger partial charge in [0.1, 0.15) is 12.6 Å². The Bertz CT molecular complexity index is 593. The molecule has 230 valence electrons. The van der Waals surface area contributed by atoms with E-state index in [1.54, 1.807) is 0 Å². The molecule has 6 heteroatoms. The standard InChI is InChI=1S/C33H63NO5/c1-4-5-6-7-8-9-10-13-16-19-22-25-30(27-31(35)34-28-32(36)37)39-33(38)26-23-20-17-14-11-12-15-18-21-24-29(2)3/h29-30H,4-28H2,1-3H3,(H,34,35)(H,36,37). The molecule has 0 aliphatic carbocycles. The number of unbranched alkanes of at least 4 members (excludes halogenated alkanes) is 18. The van der Waals surface area contributed by atoms with Crippen molar-refractivity contribution in [3.05, 3.63) is 0 Å². The van der Waals surface area contributed by atoms with E-state index in [-0.39, 0.29) is 18.3 Å². The van der Waals surface area contributed by atoms with Gasteiger partial charge in [-0.25, -0.2) is 0 Å². The van der Waals surface area contributed by atoms with Crippen LogP contribution in [0.2, 0.25) is 0 Å². The molecule has 0 radical (unpaired) electrons. The van der Waals surface area contributed by atoms with E-state index in [0.717, 1.165) is 38.0 Å². The van der Waals surface area contributed by atoms with Crippen LogP contribution in [0.25, 0.3) is 0 Å². The van der Waals surface area contributed by atoms with E-state index in [9.17, 15) is 14.4 Å². The monoisotopic (exact) mass is 553 g/mol. The van der Waals surface area contributed by atoms with Gasteiger partial charge < -0.3 is 15.2 Å². The van der Waals surface area contributed by atoms with Gasteiger partial charge in [-0.15, -0.1) is 0 Å². The first-order valence-corrected chi connectivity index (χ1v) is 16.5. The molecule has 0 rings (SSSR count). The van der Waals surface area contributed by atoms with E-state index < -0.39 is 18.6 Å². The highest BCUT2D eigenvalue weighted by molar-refractivity contribution is 5.81. The highest BCUT2D eigenvalue weighted by Gasteiger charge is 2.18. The van der Waals surface area contributed by atoms with E-state index in [1.165, 1.54) is 103 Å². The number of nitrogens with one attached hydrogen (secondary N) is 1. The van der Waals surface area contributed by atoms with Crippen LogP contribution in [0.5, 0.6) is 0 Å². The summed E-state index contributed by atoms with van der Waals surface area (Å²) in [6.07, 6.45) is 26.4. The molecular formula is C33H63NO5. The normalized spacial score (nSPS) is 12.0. The molecule has 6 nitrogen and oxygen atoms in total. The van der Waals surface area contributed by atoms with Gasteiger partial charge in [0.15, 0.2) is 0 Å². The molecule has 0 fully saturated rings. The second kappa shape index (κ2) is 28.0. The Morgan fingerprint density at radius 1 is 0.641 bits per heavy atom. The average Bonchev–Trinajstić information content (AvgIpc) is 2.88. The molecule has 1 amide bonds. The van der Waals surface area contributed by atoms with Gasteiger partial charge in [0, 0.05) is 6.42 Å². The lowest BCUT2D eigenvalue weighted by Crippen LogP contribution is -2.33. The summed E-state index contributed by atoms with van der Waals surface area (Å²) in [5.74, 6) is -0.874. The second-order valence-electron chi connectivity index (χ2n) is 11.9. The molecule has 0 aliphatic rings. The number of carbonyl (C=O) groups is 3. The number of carbonyl (C=O) groups excluding carboxylic acids is 2. The zero-order chi connectivity index (χ0) is 29.0. The van der Waals surface area contributed by atoms with Crippen LogP contribution >= 0.6 is 0 Å². The van der Waals surface area contributed by atoms with Crippen molar-refractivity contribution in [2.24, 2.45) is 5.92 Å². The smallest absolute Gasteiger partial charge is 0.322 e. The highest BCUT2D eigenvalue weighted by atomic mass is 16.5. The zero-order valence-electron chi connectivity index (χ0n) is 25.9. The Balaban J connectivity index is 4.06. The summed E-state index contributed by atoms with van der Waals surface area (Å²) in [5, 5.41) is 11.2. The van der Waals surface area contributed by atoms with Crippen molar-refractivity contribution in [1.82, 2.24) is 5.32 Å². The quantitative estimate of drug-likeness (QED) is 0.0711. The third kappa shape index (κ3) is 29.2. The number of esters is 1. The van der Waals surface area contributed by atoms with E-state index in [0.29, 0.717) is 12.8 Å². The predicted octanol–water partition coefficient (Wildman–Crippen LogP) is 9.14. The van der Waals surface area contributed by atoms with Crippen LogP contribution in [-0.2, 0) is 19.1 Å². The number of ether oxygens (including phenoxy) is 1. The van der Waals surface area contributed by atoms with Crippen molar-refractivity contribution < 1.29 is 24.2 Å². The first kappa shape index (κ1) is 37.4. The molecule has 0 saturated carbocycles. The van der Waals surface area contributed by atoms with Gasteiger partial charge in [0.25, 0.3) is 0 Å². The molecule has 0 aromatic rings. The maximum absolute atomic E-state index is 12.4. The zero-order valence-corrected chi connectivity index (χ0v) is 25.9. The number of hydrogen-bond acceptors (Lipinski definition) is 4. The van der Waals surface area contributed by atoms with Crippen molar-refractivity contribution in [2.75, 3.05) is 6.54 Å². The highest BCUT2D eigenvalue weighted by Crippen LogP contribution is 2.17. The molecule has 0 aromatic heterocycles. The summed E-state index contributed by atoms with van der Waals surface area (Å²) >= 11 is 0. The topological polar surface area (TPSA) is 92.7 Å². The van der Waals surface area contributed by atoms with Crippen molar-refractivity contribution in [2.45, 2.75) is 181 Å². The molecule has 0 aromatic carbocycles. The van der Waals surface area contributed by atoms with E-state index in [2.05, 4.69) is 26.1 Å². The SMILES string of the molecule is CCCCCCCCCCCCCC(CC(=O)NCC(=O)O)OC(=O)CCCCCCCCCCCC(C)C. The third-order valence-electron chi connectivity index (χ3n) is 7.44. The summed E-state index contributed by atoms with van der Waals surface area (Å²) < 4.78 is 5.67. The minimum absolute atomic E-state index is 0.0357. The first-order valence-electron chi connectivity index (χ1n) is 16.5. The average molecular weight is 554 g/mol. The van der Waals surface area contributed by atoms with Gasteiger partial charge in [0.2, 0.25) is 5.91 Å². The van der Waals surface area contributed by atoms with Crippen LogP contribution in [0.15, 0.2) is 0 Å². The fourth-order valence-corrected chi connectivity index (χ4v) is 5.00. The minimum Gasteiger partial charge on any atom is -0.480 e. The van der Waals surface area contributed by atoms with E-state index in [4.69, 9.17) is 9.84 Å². The molecular weight excluding hydrogens is 490 g/mol. The minimum atomic E-state index is -1.08. The van der Waals surface area contributed by atoms with Crippen molar-refractivity contribution in [1.29, 1.82) is 0 Å². The number of carboxylic acid groups (broad SMARTS) is 1. The Morgan fingerprint density at radius 2 is 1.08 bits per heavy atom. The molecule has 0 heterocycles. The van der Waals surface area contributed by atoms with Crippen LogP contribution in [0.4, 0.5) is 0 Å². The van der Waals surface area contributed by atoms with Crippen molar-refractivity contribution in [3.8, 4) is 0 Å². The number of amides is 1.